The Morgan fingerprint density at radius 2 is 2.04 bits per heavy atom. The van der Waals surface area contributed by atoms with Crippen molar-refractivity contribution in [2.24, 2.45) is 0 Å². The molecule has 25 heavy (non-hydrogen) atoms. The summed E-state index contributed by atoms with van der Waals surface area (Å²) in [6, 6.07) is 5.56. The third-order valence-electron chi connectivity index (χ3n) is 4.21. The Bertz CT molecular complexity index is 923. The van der Waals surface area contributed by atoms with Gasteiger partial charge < -0.3 is 15.6 Å². The van der Waals surface area contributed by atoms with E-state index in [0.717, 1.165) is 11.1 Å². The fourth-order valence-corrected chi connectivity index (χ4v) is 3.10. The first-order chi connectivity index (χ1) is 11.9. The van der Waals surface area contributed by atoms with Gasteiger partial charge in [0.2, 0.25) is 11.8 Å². The number of carbonyl (C=O) groups is 2. The van der Waals surface area contributed by atoms with E-state index in [9.17, 15) is 14.4 Å². The van der Waals surface area contributed by atoms with Gasteiger partial charge in [-0.15, -0.1) is 0 Å². The van der Waals surface area contributed by atoms with Gasteiger partial charge >= 0.3 is 0 Å². The average molecular weight is 358 g/mol. The van der Waals surface area contributed by atoms with Crippen LogP contribution < -0.4 is 16.2 Å². The van der Waals surface area contributed by atoms with E-state index in [4.69, 9.17) is 0 Å². The summed E-state index contributed by atoms with van der Waals surface area (Å²) in [6.45, 7) is 3.93. The minimum absolute atomic E-state index is 0.0902. The summed E-state index contributed by atoms with van der Waals surface area (Å²) in [5, 5.41) is 5.76. The van der Waals surface area contributed by atoms with Gasteiger partial charge in [0, 0.05) is 12.1 Å². The zero-order chi connectivity index (χ0) is 18.1. The Labute approximate surface area is 148 Å². The highest BCUT2D eigenvalue weighted by atomic mass is 32.2. The van der Waals surface area contributed by atoms with E-state index in [0.29, 0.717) is 10.8 Å². The van der Waals surface area contributed by atoms with Crippen LogP contribution in [0.5, 0.6) is 0 Å². The van der Waals surface area contributed by atoms with Gasteiger partial charge in [0.15, 0.2) is 5.16 Å². The van der Waals surface area contributed by atoms with Crippen molar-refractivity contribution in [3.63, 3.8) is 0 Å². The van der Waals surface area contributed by atoms with Gasteiger partial charge in [-0.3, -0.25) is 14.4 Å². The topological polar surface area (TPSA) is 104 Å². The summed E-state index contributed by atoms with van der Waals surface area (Å²) < 4.78 is 0. The van der Waals surface area contributed by atoms with Gasteiger partial charge in [-0.1, -0.05) is 17.8 Å². The summed E-state index contributed by atoms with van der Waals surface area (Å²) >= 11 is 1.25. The highest BCUT2D eigenvalue weighted by Gasteiger charge is 2.34. The van der Waals surface area contributed by atoms with Crippen molar-refractivity contribution in [2.75, 3.05) is 16.9 Å². The molecule has 0 bridgehead atoms. The fourth-order valence-electron chi connectivity index (χ4n) is 2.72. The molecule has 2 amide bonds. The molecule has 7 nitrogen and oxygen atoms in total. The summed E-state index contributed by atoms with van der Waals surface area (Å²) in [6.07, 6.45) is 1.67. The van der Waals surface area contributed by atoms with Gasteiger partial charge in [-0.2, -0.15) is 0 Å². The lowest BCUT2D eigenvalue weighted by molar-refractivity contribution is -0.123. The number of anilines is 2. The van der Waals surface area contributed by atoms with E-state index < -0.39 is 17.4 Å². The summed E-state index contributed by atoms with van der Waals surface area (Å²) in [5.41, 5.74) is 2.58. The van der Waals surface area contributed by atoms with Crippen molar-refractivity contribution >= 4 is 35.1 Å². The van der Waals surface area contributed by atoms with E-state index in [1.807, 2.05) is 26.0 Å². The molecule has 130 valence electrons. The molecule has 3 N–H and O–H groups in total. The number of H-pyrrole nitrogens is 1. The molecule has 3 rings (SSSR count). The van der Waals surface area contributed by atoms with Crippen molar-refractivity contribution in [3.8, 4) is 0 Å². The number of carbonyl (C=O) groups excluding carboxylic acids is 2. The molecule has 0 saturated heterocycles. The number of hydrogen-bond donors (Lipinski definition) is 3. The highest BCUT2D eigenvalue weighted by molar-refractivity contribution is 7.98. The molecule has 0 aliphatic carbocycles. The monoisotopic (exact) mass is 358 g/mol. The maximum atomic E-state index is 12.7. The van der Waals surface area contributed by atoms with E-state index in [1.54, 1.807) is 12.3 Å². The number of amides is 2. The van der Waals surface area contributed by atoms with E-state index in [-0.39, 0.29) is 23.7 Å². The number of aromatic nitrogens is 2. The molecule has 0 unspecified atom stereocenters. The number of nitrogens with zero attached hydrogens (tertiary/aromatic N) is 1. The van der Waals surface area contributed by atoms with Gasteiger partial charge in [0.1, 0.15) is 5.82 Å². The lowest BCUT2D eigenvalue weighted by Gasteiger charge is -2.23. The van der Waals surface area contributed by atoms with Crippen molar-refractivity contribution in [1.29, 1.82) is 0 Å². The normalized spacial score (nSPS) is 16.1. The van der Waals surface area contributed by atoms with Crippen molar-refractivity contribution < 1.29 is 9.59 Å². The van der Waals surface area contributed by atoms with Crippen molar-refractivity contribution in [3.05, 3.63) is 45.2 Å². The zero-order valence-electron chi connectivity index (χ0n) is 14.1. The maximum absolute atomic E-state index is 12.7. The number of benzene rings is 1. The molecule has 0 fully saturated rings. The van der Waals surface area contributed by atoms with Crippen LogP contribution >= 0.6 is 11.8 Å². The maximum Gasteiger partial charge on any atom is 0.257 e. The molecule has 2 heterocycles. The Balaban J connectivity index is 1.95. The fraction of sp³-hybridized carbons (Fsp3) is 0.294. The third kappa shape index (κ3) is 3.43. The van der Waals surface area contributed by atoms with Gasteiger partial charge in [0.05, 0.1) is 11.5 Å². The lowest BCUT2D eigenvalue weighted by Crippen LogP contribution is -2.36. The molecule has 2 aromatic rings. The predicted molar refractivity (Wildman–Crippen MR) is 97.2 cm³/mol. The summed E-state index contributed by atoms with van der Waals surface area (Å²) in [4.78, 5) is 43.9. The molecule has 1 aromatic heterocycles. The molecular weight excluding hydrogens is 340 g/mol. The predicted octanol–water partition coefficient (Wildman–Crippen LogP) is 2.17. The minimum Gasteiger partial charge on any atom is -0.326 e. The third-order valence-corrected chi connectivity index (χ3v) is 4.79. The summed E-state index contributed by atoms with van der Waals surface area (Å²) in [5.74, 6) is -1.46. The Hall–Kier alpha value is -2.61. The molecule has 0 radical (unpaired) electrons. The van der Waals surface area contributed by atoms with Crippen LogP contribution in [0.2, 0.25) is 0 Å². The molecule has 1 aliphatic heterocycles. The van der Waals surface area contributed by atoms with E-state index in [2.05, 4.69) is 20.6 Å². The number of nitrogens with one attached hydrogen (secondary N) is 3. The van der Waals surface area contributed by atoms with E-state index >= 15 is 0 Å². The molecule has 0 spiro atoms. The largest absolute Gasteiger partial charge is 0.326 e. The number of fused-ring (bicyclic) bond motifs is 1. The second-order valence-electron chi connectivity index (χ2n) is 5.93. The van der Waals surface area contributed by atoms with Crippen LogP contribution in [-0.2, 0) is 9.59 Å². The Morgan fingerprint density at radius 1 is 1.28 bits per heavy atom. The molecular formula is C17H18N4O3S. The Morgan fingerprint density at radius 3 is 2.72 bits per heavy atom. The van der Waals surface area contributed by atoms with Crippen molar-refractivity contribution in [2.45, 2.75) is 31.3 Å². The number of hydrogen-bond acceptors (Lipinski definition) is 5. The second kappa shape index (κ2) is 6.72. The van der Waals surface area contributed by atoms with Crippen LogP contribution in [0.1, 0.15) is 29.0 Å². The van der Waals surface area contributed by atoms with Crippen LogP contribution in [0.3, 0.4) is 0 Å². The van der Waals surface area contributed by atoms with Crippen LogP contribution in [0.15, 0.2) is 28.2 Å². The summed E-state index contributed by atoms with van der Waals surface area (Å²) in [7, 11) is 0. The zero-order valence-corrected chi connectivity index (χ0v) is 14.9. The number of thioether (sulfide) groups is 1. The lowest BCUT2D eigenvalue weighted by atomic mass is 9.92. The molecule has 8 heteroatoms. The molecule has 1 aliphatic rings. The highest BCUT2D eigenvalue weighted by Crippen LogP contribution is 2.30. The molecule has 0 saturated carbocycles. The van der Waals surface area contributed by atoms with Crippen LogP contribution in [0.25, 0.3) is 0 Å². The van der Waals surface area contributed by atoms with Crippen LogP contribution in [0.4, 0.5) is 11.5 Å². The van der Waals surface area contributed by atoms with Crippen molar-refractivity contribution in [1.82, 2.24) is 9.97 Å². The smallest absolute Gasteiger partial charge is 0.257 e. The number of rotatable bonds is 3. The second-order valence-corrected chi connectivity index (χ2v) is 6.73. The number of aryl methyl sites for hydroxylation is 2. The first-order valence-electron chi connectivity index (χ1n) is 7.75. The van der Waals surface area contributed by atoms with Gasteiger partial charge in [-0.25, -0.2) is 4.98 Å². The average Bonchev–Trinajstić information content (AvgIpc) is 2.56. The van der Waals surface area contributed by atoms with Crippen LogP contribution in [0, 0.1) is 13.8 Å². The van der Waals surface area contributed by atoms with Crippen LogP contribution in [-0.4, -0.2) is 28.0 Å². The Kier molecular flexibility index (Phi) is 4.63. The first-order valence-corrected chi connectivity index (χ1v) is 8.97. The first kappa shape index (κ1) is 17.2. The quantitative estimate of drug-likeness (QED) is 0.576. The molecule has 1 aromatic carbocycles. The van der Waals surface area contributed by atoms with Gasteiger partial charge in [-0.05, 0) is 43.4 Å². The van der Waals surface area contributed by atoms with E-state index in [1.165, 1.54) is 11.8 Å². The minimum atomic E-state index is -0.877. The van der Waals surface area contributed by atoms with Gasteiger partial charge in [0.25, 0.3) is 5.56 Å². The number of aromatic amines is 1. The molecule has 1 atom stereocenters. The standard InChI is InChI=1S/C17H18N4O3S/c1-8-4-5-10(6-9(8)2)18-15(23)11-7-12(22)19-14-13(11)16(24)21-17(20-14)25-3/h4-6,11H,7H2,1-3H3,(H,18,23)(H2,19,20,21,22,24)/t11-/m1/s1. The SMILES string of the molecule is CSc1nc2c(c(=O)[nH]1)[C@H](C(=O)Nc1ccc(C)c(C)c1)CC(=O)N2.